The first-order chi connectivity index (χ1) is 11.1. The van der Waals surface area contributed by atoms with E-state index in [1.165, 1.54) is 25.5 Å². The molecule has 23 heavy (non-hydrogen) atoms. The van der Waals surface area contributed by atoms with Crippen molar-refractivity contribution < 1.29 is 9.53 Å². The molecule has 3 heteroatoms. The fourth-order valence-electron chi connectivity index (χ4n) is 4.22. The minimum absolute atomic E-state index is 0.0239. The van der Waals surface area contributed by atoms with Crippen molar-refractivity contribution in [1.29, 1.82) is 0 Å². The molecule has 1 aromatic rings. The molecular formula is C20H31NO2. The molecule has 0 N–H and O–H groups in total. The molecule has 1 aliphatic rings. The number of ether oxygens (including phenoxy) is 1. The molecule has 3 nitrogen and oxygen atoms in total. The van der Waals surface area contributed by atoms with Crippen molar-refractivity contribution in [2.45, 2.75) is 59.0 Å². The van der Waals surface area contributed by atoms with E-state index in [0.717, 1.165) is 25.9 Å². The van der Waals surface area contributed by atoms with Gasteiger partial charge in [-0.15, -0.1) is 0 Å². The van der Waals surface area contributed by atoms with Crippen LogP contribution in [0, 0.1) is 11.3 Å². The number of likely N-dealkylation sites (tertiary alicyclic amines) is 1. The molecule has 0 amide bonds. The minimum Gasteiger partial charge on any atom is -0.469 e. The lowest BCUT2D eigenvalue weighted by atomic mass is 9.70. The SMILES string of the molecule is CCCCC[C@@]1(C(=O)OC)[C@@H](C)CN(Cc2ccccc2)[C@@H]1C. The van der Waals surface area contributed by atoms with Gasteiger partial charge in [0.25, 0.3) is 0 Å². The molecule has 3 atom stereocenters. The summed E-state index contributed by atoms with van der Waals surface area (Å²) in [7, 11) is 1.53. The Kier molecular flexibility index (Phi) is 6.23. The number of esters is 1. The number of nitrogens with zero attached hydrogens (tertiary/aromatic N) is 1. The van der Waals surface area contributed by atoms with Crippen LogP contribution in [0.15, 0.2) is 30.3 Å². The number of hydrogen-bond acceptors (Lipinski definition) is 3. The Hall–Kier alpha value is -1.35. The zero-order valence-electron chi connectivity index (χ0n) is 15.0. The Bertz CT molecular complexity index is 502. The zero-order chi connectivity index (χ0) is 16.9. The van der Waals surface area contributed by atoms with E-state index in [-0.39, 0.29) is 17.4 Å². The quantitative estimate of drug-likeness (QED) is 0.556. The molecular weight excluding hydrogens is 286 g/mol. The lowest BCUT2D eigenvalue weighted by molar-refractivity contribution is -0.157. The molecule has 0 bridgehead atoms. The highest BCUT2D eigenvalue weighted by molar-refractivity contribution is 5.78. The third kappa shape index (κ3) is 3.60. The van der Waals surface area contributed by atoms with Gasteiger partial charge < -0.3 is 4.74 Å². The Morgan fingerprint density at radius 2 is 1.96 bits per heavy atom. The van der Waals surface area contributed by atoms with E-state index < -0.39 is 0 Å². The van der Waals surface area contributed by atoms with Gasteiger partial charge in [-0.05, 0) is 24.8 Å². The van der Waals surface area contributed by atoms with Gasteiger partial charge in [-0.1, -0.05) is 63.4 Å². The molecule has 1 saturated heterocycles. The second-order valence-corrected chi connectivity index (χ2v) is 6.98. The monoisotopic (exact) mass is 317 g/mol. The Balaban J connectivity index is 2.19. The third-order valence-corrected chi connectivity index (χ3v) is 5.67. The predicted molar refractivity (Wildman–Crippen MR) is 94.1 cm³/mol. The fraction of sp³-hybridized carbons (Fsp3) is 0.650. The normalized spacial score (nSPS) is 28.0. The molecule has 0 aromatic heterocycles. The lowest BCUT2D eigenvalue weighted by Crippen LogP contribution is -2.45. The highest BCUT2D eigenvalue weighted by Crippen LogP contribution is 2.47. The van der Waals surface area contributed by atoms with Gasteiger partial charge in [0.05, 0.1) is 12.5 Å². The summed E-state index contributed by atoms with van der Waals surface area (Å²) in [6.07, 6.45) is 4.38. The van der Waals surface area contributed by atoms with E-state index >= 15 is 0 Å². The second-order valence-electron chi connectivity index (χ2n) is 6.98. The van der Waals surface area contributed by atoms with E-state index in [2.05, 4.69) is 49.9 Å². The van der Waals surface area contributed by atoms with Gasteiger partial charge in [0.1, 0.15) is 0 Å². The van der Waals surface area contributed by atoms with Crippen LogP contribution in [0.25, 0.3) is 0 Å². The standard InChI is InChI=1S/C20H31NO2/c1-5-6-10-13-20(19(22)23-4)16(2)14-21(17(20)3)15-18-11-8-7-9-12-18/h7-9,11-12,16-17H,5-6,10,13-15H2,1-4H3/t16-,17+,20+/m0/s1. The fourth-order valence-corrected chi connectivity index (χ4v) is 4.22. The second kappa shape index (κ2) is 7.96. The maximum absolute atomic E-state index is 12.7. The molecule has 0 unspecified atom stereocenters. The van der Waals surface area contributed by atoms with E-state index in [0.29, 0.717) is 5.92 Å². The van der Waals surface area contributed by atoms with Crippen molar-refractivity contribution in [3.63, 3.8) is 0 Å². The smallest absolute Gasteiger partial charge is 0.313 e. The van der Waals surface area contributed by atoms with Gasteiger partial charge in [-0.25, -0.2) is 0 Å². The number of benzene rings is 1. The minimum atomic E-state index is -0.362. The number of carbonyl (C=O) groups excluding carboxylic acids is 1. The van der Waals surface area contributed by atoms with E-state index in [9.17, 15) is 4.79 Å². The van der Waals surface area contributed by atoms with Crippen molar-refractivity contribution >= 4 is 5.97 Å². The van der Waals surface area contributed by atoms with Crippen molar-refractivity contribution in [2.24, 2.45) is 11.3 Å². The highest BCUT2D eigenvalue weighted by Gasteiger charge is 2.55. The number of carbonyl (C=O) groups is 1. The van der Waals surface area contributed by atoms with Gasteiger partial charge >= 0.3 is 5.97 Å². The summed E-state index contributed by atoms with van der Waals surface area (Å²) in [5.41, 5.74) is 0.944. The van der Waals surface area contributed by atoms with Crippen molar-refractivity contribution in [2.75, 3.05) is 13.7 Å². The van der Waals surface area contributed by atoms with Gasteiger partial charge in [-0.2, -0.15) is 0 Å². The van der Waals surface area contributed by atoms with Gasteiger partial charge in [0.15, 0.2) is 0 Å². The first-order valence-corrected chi connectivity index (χ1v) is 8.92. The number of methoxy groups -OCH3 is 1. The summed E-state index contributed by atoms with van der Waals surface area (Å²) in [5, 5.41) is 0. The van der Waals surface area contributed by atoms with Crippen LogP contribution in [0.1, 0.15) is 52.0 Å². The van der Waals surface area contributed by atoms with Crippen LogP contribution in [0.5, 0.6) is 0 Å². The van der Waals surface area contributed by atoms with E-state index in [1.807, 2.05) is 6.07 Å². The van der Waals surface area contributed by atoms with Crippen LogP contribution in [0.2, 0.25) is 0 Å². The molecule has 0 spiro atoms. The summed E-state index contributed by atoms with van der Waals surface area (Å²) in [4.78, 5) is 15.1. The largest absolute Gasteiger partial charge is 0.469 e. The number of rotatable bonds is 7. The third-order valence-electron chi connectivity index (χ3n) is 5.67. The van der Waals surface area contributed by atoms with Gasteiger partial charge in [-0.3, -0.25) is 9.69 Å². The highest BCUT2D eigenvalue weighted by atomic mass is 16.5. The maximum atomic E-state index is 12.7. The van der Waals surface area contributed by atoms with Crippen LogP contribution in [0.4, 0.5) is 0 Å². The maximum Gasteiger partial charge on any atom is 0.313 e. The Morgan fingerprint density at radius 3 is 2.57 bits per heavy atom. The molecule has 0 aliphatic carbocycles. The molecule has 1 aliphatic heterocycles. The van der Waals surface area contributed by atoms with Crippen LogP contribution < -0.4 is 0 Å². The molecule has 1 aromatic carbocycles. The van der Waals surface area contributed by atoms with Crippen molar-refractivity contribution in [3.8, 4) is 0 Å². The summed E-state index contributed by atoms with van der Waals surface area (Å²) < 4.78 is 5.24. The number of hydrogen-bond donors (Lipinski definition) is 0. The summed E-state index contributed by atoms with van der Waals surface area (Å²) >= 11 is 0. The van der Waals surface area contributed by atoms with Crippen molar-refractivity contribution in [3.05, 3.63) is 35.9 Å². The van der Waals surface area contributed by atoms with Crippen LogP contribution in [0.3, 0.4) is 0 Å². The molecule has 1 heterocycles. The van der Waals surface area contributed by atoms with Crippen LogP contribution in [-0.2, 0) is 16.1 Å². The lowest BCUT2D eigenvalue weighted by Gasteiger charge is -2.36. The van der Waals surface area contributed by atoms with Gasteiger partial charge in [0, 0.05) is 19.1 Å². The molecule has 1 fully saturated rings. The average Bonchev–Trinajstić information content (AvgIpc) is 2.80. The molecule has 0 saturated carbocycles. The van der Waals surface area contributed by atoms with E-state index in [4.69, 9.17) is 4.74 Å². The number of unbranched alkanes of at least 4 members (excludes halogenated alkanes) is 2. The average molecular weight is 317 g/mol. The van der Waals surface area contributed by atoms with Crippen LogP contribution >= 0.6 is 0 Å². The van der Waals surface area contributed by atoms with Gasteiger partial charge in [0.2, 0.25) is 0 Å². The first kappa shape index (κ1) is 18.0. The summed E-state index contributed by atoms with van der Waals surface area (Å²) in [6.45, 7) is 8.48. The molecule has 2 rings (SSSR count). The molecule has 0 radical (unpaired) electrons. The zero-order valence-corrected chi connectivity index (χ0v) is 15.0. The topological polar surface area (TPSA) is 29.5 Å². The first-order valence-electron chi connectivity index (χ1n) is 8.92. The van der Waals surface area contributed by atoms with Crippen molar-refractivity contribution in [1.82, 2.24) is 4.90 Å². The Labute approximate surface area is 141 Å². The van der Waals surface area contributed by atoms with E-state index in [1.54, 1.807) is 0 Å². The summed E-state index contributed by atoms with van der Waals surface area (Å²) in [5.74, 6) is 0.301. The molecule has 128 valence electrons. The Morgan fingerprint density at radius 1 is 1.26 bits per heavy atom. The summed E-state index contributed by atoms with van der Waals surface area (Å²) in [6, 6.07) is 10.7. The predicted octanol–water partition coefficient (Wildman–Crippen LogP) is 4.27. The van der Waals surface area contributed by atoms with Crippen LogP contribution in [-0.4, -0.2) is 30.6 Å².